The number of urea groups is 1. The van der Waals surface area contributed by atoms with Crippen LogP contribution < -0.4 is 16.4 Å². The summed E-state index contributed by atoms with van der Waals surface area (Å²) in [5.41, 5.74) is 6.44. The molecule has 0 spiro atoms. The number of fused-ring (bicyclic) bond motifs is 1. The van der Waals surface area contributed by atoms with Crippen LogP contribution in [0.2, 0.25) is 0 Å². The molecule has 0 saturated heterocycles. The Balaban J connectivity index is 1.97. The van der Waals surface area contributed by atoms with E-state index in [4.69, 9.17) is 5.73 Å². The molecule has 2 rings (SSSR count). The van der Waals surface area contributed by atoms with Gasteiger partial charge in [0.25, 0.3) is 0 Å². The van der Waals surface area contributed by atoms with Crippen molar-refractivity contribution in [1.82, 2.24) is 20.5 Å². The van der Waals surface area contributed by atoms with Gasteiger partial charge in [0, 0.05) is 13.1 Å². The van der Waals surface area contributed by atoms with Crippen molar-refractivity contribution in [2.45, 2.75) is 0 Å². The second-order valence-corrected chi connectivity index (χ2v) is 3.34. The molecule has 0 saturated carbocycles. The normalized spacial score (nSPS) is 10.1. The highest BCUT2D eigenvalue weighted by atomic mass is 16.2. The SMILES string of the molecule is NC(=O)NCCNc1nnc2ccccc2n1. The molecule has 1 aromatic carbocycles. The van der Waals surface area contributed by atoms with E-state index in [1.165, 1.54) is 0 Å². The summed E-state index contributed by atoms with van der Waals surface area (Å²) in [6, 6.07) is 6.91. The van der Waals surface area contributed by atoms with E-state index in [2.05, 4.69) is 25.8 Å². The van der Waals surface area contributed by atoms with Gasteiger partial charge >= 0.3 is 6.03 Å². The van der Waals surface area contributed by atoms with Crippen LogP contribution in [0.3, 0.4) is 0 Å². The fourth-order valence-electron chi connectivity index (χ4n) is 1.32. The molecule has 0 atom stereocenters. The van der Waals surface area contributed by atoms with Crippen LogP contribution in [0, 0.1) is 0 Å². The molecular formula is C10H12N6O. The molecule has 17 heavy (non-hydrogen) atoms. The van der Waals surface area contributed by atoms with Crippen molar-refractivity contribution in [2.24, 2.45) is 5.73 Å². The topological polar surface area (TPSA) is 106 Å². The highest BCUT2D eigenvalue weighted by Crippen LogP contribution is 2.08. The van der Waals surface area contributed by atoms with Crippen molar-refractivity contribution >= 4 is 23.0 Å². The Labute approximate surface area is 97.4 Å². The quantitative estimate of drug-likeness (QED) is 0.648. The molecule has 0 aliphatic rings. The van der Waals surface area contributed by atoms with Gasteiger partial charge in [-0.05, 0) is 12.1 Å². The Kier molecular flexibility index (Phi) is 3.29. The molecule has 0 unspecified atom stereocenters. The van der Waals surface area contributed by atoms with E-state index in [-0.39, 0.29) is 0 Å². The number of carbonyl (C=O) groups is 1. The lowest BCUT2D eigenvalue weighted by Crippen LogP contribution is -2.33. The standard InChI is InChI=1S/C10H12N6O/c11-9(17)12-5-6-13-10-14-7-3-1-2-4-8(7)15-16-10/h1-4H,5-6H2,(H3,11,12,17)(H,13,14,16). The molecule has 4 N–H and O–H groups in total. The molecular weight excluding hydrogens is 220 g/mol. The Hall–Kier alpha value is -2.44. The number of hydrogen-bond acceptors (Lipinski definition) is 5. The third-order valence-electron chi connectivity index (χ3n) is 2.07. The van der Waals surface area contributed by atoms with Crippen LogP contribution in [-0.2, 0) is 0 Å². The molecule has 0 radical (unpaired) electrons. The molecule has 0 aliphatic carbocycles. The lowest BCUT2D eigenvalue weighted by Gasteiger charge is -2.04. The number of amides is 2. The van der Waals surface area contributed by atoms with Crippen molar-refractivity contribution < 1.29 is 4.79 Å². The summed E-state index contributed by atoms with van der Waals surface area (Å²) in [6.07, 6.45) is 0. The maximum atomic E-state index is 10.4. The predicted molar refractivity (Wildman–Crippen MR) is 63.4 cm³/mol. The minimum atomic E-state index is -0.552. The van der Waals surface area contributed by atoms with E-state index in [0.717, 1.165) is 11.0 Å². The number of nitrogens with zero attached hydrogens (tertiary/aromatic N) is 3. The van der Waals surface area contributed by atoms with E-state index >= 15 is 0 Å². The van der Waals surface area contributed by atoms with Gasteiger partial charge in [-0.25, -0.2) is 9.78 Å². The first kappa shape index (κ1) is 11.1. The van der Waals surface area contributed by atoms with Gasteiger partial charge in [-0.3, -0.25) is 0 Å². The third-order valence-corrected chi connectivity index (χ3v) is 2.07. The number of nitrogens with two attached hydrogens (primary N) is 1. The zero-order valence-corrected chi connectivity index (χ0v) is 9.05. The Morgan fingerprint density at radius 2 is 1.94 bits per heavy atom. The average molecular weight is 232 g/mol. The maximum Gasteiger partial charge on any atom is 0.312 e. The highest BCUT2D eigenvalue weighted by molar-refractivity contribution is 5.74. The Morgan fingerprint density at radius 1 is 1.18 bits per heavy atom. The van der Waals surface area contributed by atoms with Gasteiger partial charge in [0.05, 0.1) is 5.52 Å². The zero-order chi connectivity index (χ0) is 12.1. The van der Waals surface area contributed by atoms with Gasteiger partial charge in [-0.1, -0.05) is 12.1 Å². The third kappa shape index (κ3) is 3.00. The van der Waals surface area contributed by atoms with Crippen LogP contribution in [0.4, 0.5) is 10.7 Å². The van der Waals surface area contributed by atoms with Crippen molar-refractivity contribution in [3.8, 4) is 0 Å². The summed E-state index contributed by atoms with van der Waals surface area (Å²) in [7, 11) is 0. The number of aromatic nitrogens is 3. The van der Waals surface area contributed by atoms with E-state index in [1.807, 2.05) is 24.3 Å². The fourth-order valence-corrected chi connectivity index (χ4v) is 1.32. The summed E-state index contributed by atoms with van der Waals surface area (Å²) in [5, 5.41) is 13.3. The van der Waals surface area contributed by atoms with Crippen LogP contribution in [0.15, 0.2) is 24.3 Å². The number of hydrogen-bond donors (Lipinski definition) is 3. The largest absolute Gasteiger partial charge is 0.352 e. The van der Waals surface area contributed by atoms with Crippen LogP contribution >= 0.6 is 0 Å². The minimum absolute atomic E-state index is 0.408. The number of anilines is 1. The average Bonchev–Trinajstić information content (AvgIpc) is 2.34. The van der Waals surface area contributed by atoms with Crippen molar-refractivity contribution in [2.75, 3.05) is 18.4 Å². The summed E-state index contributed by atoms with van der Waals surface area (Å²) in [6.45, 7) is 0.897. The molecule has 1 aromatic heterocycles. The van der Waals surface area contributed by atoms with Crippen LogP contribution in [0.1, 0.15) is 0 Å². The zero-order valence-electron chi connectivity index (χ0n) is 9.05. The summed E-state index contributed by atoms with van der Waals surface area (Å²) < 4.78 is 0. The lowest BCUT2D eigenvalue weighted by molar-refractivity contribution is 0.249. The molecule has 0 aliphatic heterocycles. The van der Waals surface area contributed by atoms with Crippen LogP contribution in [0.5, 0.6) is 0 Å². The van der Waals surface area contributed by atoms with E-state index < -0.39 is 6.03 Å². The Bertz CT molecular complexity index is 529. The minimum Gasteiger partial charge on any atom is -0.352 e. The molecule has 1 heterocycles. The smallest absolute Gasteiger partial charge is 0.312 e. The number of para-hydroxylation sites is 1. The van der Waals surface area contributed by atoms with Crippen molar-refractivity contribution in [1.29, 1.82) is 0 Å². The number of primary amides is 1. The van der Waals surface area contributed by atoms with Crippen LogP contribution in [-0.4, -0.2) is 34.3 Å². The van der Waals surface area contributed by atoms with Gasteiger partial charge in [-0.15, -0.1) is 10.2 Å². The second-order valence-electron chi connectivity index (χ2n) is 3.34. The maximum absolute atomic E-state index is 10.4. The molecule has 7 nitrogen and oxygen atoms in total. The number of nitrogens with one attached hydrogen (secondary N) is 2. The number of benzene rings is 1. The fraction of sp³-hybridized carbons (Fsp3) is 0.200. The van der Waals surface area contributed by atoms with Crippen molar-refractivity contribution in [3.05, 3.63) is 24.3 Å². The Morgan fingerprint density at radius 3 is 2.71 bits per heavy atom. The number of carbonyl (C=O) groups excluding carboxylic acids is 1. The lowest BCUT2D eigenvalue weighted by atomic mass is 10.3. The first-order valence-electron chi connectivity index (χ1n) is 5.12. The summed E-state index contributed by atoms with van der Waals surface area (Å²) in [5.74, 6) is 0.426. The molecule has 2 amide bonds. The number of rotatable bonds is 4. The van der Waals surface area contributed by atoms with Crippen molar-refractivity contribution in [3.63, 3.8) is 0 Å². The van der Waals surface area contributed by atoms with Gasteiger partial charge in [0.15, 0.2) is 0 Å². The second kappa shape index (κ2) is 5.06. The molecule has 88 valence electrons. The summed E-state index contributed by atoms with van der Waals surface area (Å²) >= 11 is 0. The van der Waals surface area contributed by atoms with Crippen LogP contribution in [0.25, 0.3) is 11.0 Å². The van der Waals surface area contributed by atoms with E-state index in [1.54, 1.807) is 0 Å². The summed E-state index contributed by atoms with van der Waals surface area (Å²) in [4.78, 5) is 14.7. The van der Waals surface area contributed by atoms with Gasteiger partial charge in [-0.2, -0.15) is 0 Å². The van der Waals surface area contributed by atoms with Gasteiger partial charge in [0.2, 0.25) is 5.95 Å². The van der Waals surface area contributed by atoms with Gasteiger partial charge in [0.1, 0.15) is 5.52 Å². The molecule has 7 heteroatoms. The predicted octanol–water partition coefficient (Wildman–Crippen LogP) is 0.105. The van der Waals surface area contributed by atoms with E-state index in [0.29, 0.717) is 19.0 Å². The molecule has 0 bridgehead atoms. The van der Waals surface area contributed by atoms with Gasteiger partial charge < -0.3 is 16.4 Å². The molecule has 0 fully saturated rings. The first-order valence-corrected chi connectivity index (χ1v) is 5.12. The first-order chi connectivity index (χ1) is 8.25. The highest BCUT2D eigenvalue weighted by Gasteiger charge is 1.99. The monoisotopic (exact) mass is 232 g/mol. The van der Waals surface area contributed by atoms with E-state index in [9.17, 15) is 4.79 Å². The molecule has 2 aromatic rings.